The third kappa shape index (κ3) is 4.00. The van der Waals surface area contributed by atoms with Gasteiger partial charge in [-0.1, -0.05) is 17.3 Å². The minimum atomic E-state index is -4.61. The summed E-state index contributed by atoms with van der Waals surface area (Å²) in [4.78, 5) is 4.43. The van der Waals surface area contributed by atoms with E-state index < -0.39 is 28.5 Å². The van der Waals surface area contributed by atoms with E-state index in [1.807, 2.05) is 18.2 Å². The van der Waals surface area contributed by atoms with Crippen molar-refractivity contribution in [2.24, 2.45) is 11.8 Å². The molecule has 1 aliphatic heterocycles. The van der Waals surface area contributed by atoms with Gasteiger partial charge in [0.25, 0.3) is 16.1 Å². The molecular weight excluding hydrogens is 500 g/mol. The zero-order valence-corrected chi connectivity index (χ0v) is 19.7. The molecule has 2 bridgehead atoms. The largest absolute Gasteiger partial charge is 0.402 e. The molecule has 1 saturated carbocycles. The first kappa shape index (κ1) is 23.6. The van der Waals surface area contributed by atoms with Crippen molar-refractivity contribution in [1.29, 1.82) is 0 Å². The number of aromatic nitrogens is 2. The molecule has 12 heteroatoms. The lowest BCUT2D eigenvalue weighted by atomic mass is 9.79. The number of hydrogen-bond acceptors (Lipinski definition) is 5. The van der Waals surface area contributed by atoms with Crippen LogP contribution in [0.1, 0.15) is 24.0 Å². The van der Waals surface area contributed by atoms with Crippen molar-refractivity contribution in [3.63, 3.8) is 0 Å². The number of nitrogens with zero attached hydrogens (tertiary/aromatic N) is 3. The first-order chi connectivity index (χ1) is 17.0. The van der Waals surface area contributed by atoms with Gasteiger partial charge in [0.2, 0.25) is 5.82 Å². The predicted molar refractivity (Wildman–Crippen MR) is 121 cm³/mol. The van der Waals surface area contributed by atoms with E-state index in [1.165, 1.54) is 12.1 Å². The van der Waals surface area contributed by atoms with Crippen molar-refractivity contribution in [2.75, 3.05) is 13.1 Å². The van der Waals surface area contributed by atoms with E-state index in [9.17, 15) is 26.0 Å². The van der Waals surface area contributed by atoms with Crippen LogP contribution in [0.5, 0.6) is 0 Å². The fraction of sp³-hybridized carbons (Fsp3) is 0.417. The Morgan fingerprint density at radius 2 is 1.69 bits per heavy atom. The molecule has 36 heavy (non-hydrogen) atoms. The molecular formula is C24H22F4N4O3S. The van der Waals surface area contributed by atoms with Crippen molar-refractivity contribution in [1.82, 2.24) is 19.2 Å². The Balaban J connectivity index is 1.29. The summed E-state index contributed by atoms with van der Waals surface area (Å²) in [6.07, 6.45) is -2.03. The normalized spacial score (nSPS) is 27.3. The molecule has 2 fully saturated rings. The summed E-state index contributed by atoms with van der Waals surface area (Å²) in [6.45, 7) is -1.67. The molecule has 3 atom stereocenters. The number of rotatable bonds is 3. The highest BCUT2D eigenvalue weighted by molar-refractivity contribution is 7.87. The van der Waals surface area contributed by atoms with Crippen LogP contribution in [-0.2, 0) is 23.1 Å². The SMILES string of the molecule is O=S1(=O)N[C@@]2(CN1CC(F)(F)F)[C@@H]1CC[C@H]2Cc2ccc(-c3noc(-c4ccc(F)cc4)n3)cc2C1. The van der Waals surface area contributed by atoms with Crippen LogP contribution in [0, 0.1) is 17.7 Å². The second-order valence-electron chi connectivity index (χ2n) is 9.82. The third-order valence-electron chi connectivity index (χ3n) is 7.69. The summed E-state index contributed by atoms with van der Waals surface area (Å²) >= 11 is 0. The van der Waals surface area contributed by atoms with E-state index in [0.717, 1.165) is 24.0 Å². The van der Waals surface area contributed by atoms with E-state index in [0.29, 0.717) is 34.1 Å². The minimum Gasteiger partial charge on any atom is -0.334 e. The maximum atomic E-state index is 13.2. The predicted octanol–water partition coefficient (Wildman–Crippen LogP) is 4.12. The summed E-state index contributed by atoms with van der Waals surface area (Å²) in [5, 5.41) is 4.05. The van der Waals surface area contributed by atoms with Crippen LogP contribution in [0.15, 0.2) is 47.0 Å². The molecule has 0 radical (unpaired) electrons. The van der Waals surface area contributed by atoms with Crippen LogP contribution in [0.3, 0.4) is 0 Å². The van der Waals surface area contributed by atoms with E-state index in [-0.39, 0.29) is 30.1 Å². The number of fused-ring (bicyclic) bond motifs is 1. The van der Waals surface area contributed by atoms with Crippen LogP contribution in [0.2, 0.25) is 0 Å². The van der Waals surface area contributed by atoms with Crippen LogP contribution >= 0.6 is 0 Å². The highest BCUT2D eigenvalue weighted by atomic mass is 32.2. The average molecular weight is 523 g/mol. The number of alkyl halides is 3. The van der Waals surface area contributed by atoms with Gasteiger partial charge in [0, 0.05) is 17.7 Å². The minimum absolute atomic E-state index is 0.0992. The summed E-state index contributed by atoms with van der Waals surface area (Å²) in [6, 6.07) is 11.5. The summed E-state index contributed by atoms with van der Waals surface area (Å²) in [5.41, 5.74) is 2.41. The van der Waals surface area contributed by atoms with E-state index >= 15 is 0 Å². The molecule has 1 spiro atoms. The lowest BCUT2D eigenvalue weighted by Crippen LogP contribution is -2.52. The van der Waals surface area contributed by atoms with Gasteiger partial charge >= 0.3 is 6.18 Å². The van der Waals surface area contributed by atoms with Crippen LogP contribution < -0.4 is 4.72 Å². The van der Waals surface area contributed by atoms with E-state index in [1.54, 1.807) is 12.1 Å². The zero-order valence-electron chi connectivity index (χ0n) is 18.9. The fourth-order valence-corrected chi connectivity index (χ4v) is 7.74. The molecule has 2 aliphatic carbocycles. The first-order valence-corrected chi connectivity index (χ1v) is 13.0. The monoisotopic (exact) mass is 522 g/mol. The Labute approximate surface area is 204 Å². The van der Waals surface area contributed by atoms with Crippen LogP contribution in [0.25, 0.3) is 22.8 Å². The van der Waals surface area contributed by atoms with Crippen molar-refractivity contribution in [3.05, 3.63) is 59.4 Å². The van der Waals surface area contributed by atoms with E-state index in [2.05, 4.69) is 14.9 Å². The van der Waals surface area contributed by atoms with Gasteiger partial charge < -0.3 is 4.52 Å². The molecule has 3 aromatic rings. The van der Waals surface area contributed by atoms with Crippen LogP contribution in [0.4, 0.5) is 17.6 Å². The van der Waals surface area contributed by atoms with Gasteiger partial charge in [-0.25, -0.2) is 4.39 Å². The zero-order chi connectivity index (χ0) is 25.3. The molecule has 1 N–H and O–H groups in total. The fourth-order valence-electron chi connectivity index (χ4n) is 6.03. The molecule has 1 saturated heterocycles. The van der Waals surface area contributed by atoms with Crippen molar-refractivity contribution in [3.8, 4) is 22.8 Å². The number of hydrogen-bond donors (Lipinski definition) is 1. The van der Waals surface area contributed by atoms with Gasteiger partial charge in [-0.15, -0.1) is 0 Å². The Kier molecular flexibility index (Phi) is 5.29. The Hall–Kier alpha value is -2.83. The molecule has 2 heterocycles. The van der Waals surface area contributed by atoms with Crippen LogP contribution in [-0.4, -0.2) is 47.7 Å². The highest BCUT2D eigenvalue weighted by Crippen LogP contribution is 2.50. The second-order valence-corrected chi connectivity index (χ2v) is 11.5. The molecule has 1 aromatic heterocycles. The van der Waals surface area contributed by atoms with Gasteiger partial charge in [0.1, 0.15) is 12.4 Å². The number of halogens is 4. The highest BCUT2D eigenvalue weighted by Gasteiger charge is 2.60. The first-order valence-electron chi connectivity index (χ1n) is 11.6. The molecule has 7 nitrogen and oxygen atoms in total. The van der Waals surface area contributed by atoms with Gasteiger partial charge in [-0.3, -0.25) is 0 Å². The summed E-state index contributed by atoms with van der Waals surface area (Å²) < 4.78 is 86.3. The van der Waals surface area contributed by atoms with Gasteiger partial charge in [-0.05, 0) is 79.0 Å². The molecule has 3 aliphatic rings. The molecule has 0 amide bonds. The maximum Gasteiger partial charge on any atom is 0.402 e. The topological polar surface area (TPSA) is 88.3 Å². The molecule has 0 unspecified atom stereocenters. The van der Waals surface area contributed by atoms with E-state index in [4.69, 9.17) is 4.52 Å². The quantitative estimate of drug-likeness (QED) is 0.523. The van der Waals surface area contributed by atoms with Crippen molar-refractivity contribution < 1.29 is 30.5 Å². The molecule has 190 valence electrons. The lowest BCUT2D eigenvalue weighted by Gasteiger charge is -2.33. The number of benzene rings is 2. The van der Waals surface area contributed by atoms with Crippen molar-refractivity contribution >= 4 is 10.2 Å². The number of nitrogens with one attached hydrogen (secondary N) is 1. The Bertz CT molecular complexity index is 1420. The maximum absolute atomic E-state index is 13.2. The van der Waals surface area contributed by atoms with Gasteiger partial charge in [0.05, 0.1) is 5.54 Å². The van der Waals surface area contributed by atoms with Crippen molar-refractivity contribution in [2.45, 2.75) is 37.4 Å². The third-order valence-corrected chi connectivity index (χ3v) is 9.26. The molecule has 6 rings (SSSR count). The average Bonchev–Trinajstić information content (AvgIpc) is 3.43. The van der Waals surface area contributed by atoms with Gasteiger partial charge in [-0.2, -0.15) is 35.6 Å². The summed E-state index contributed by atoms with van der Waals surface area (Å²) in [7, 11) is -4.23. The Morgan fingerprint density at radius 1 is 1.03 bits per heavy atom. The smallest absolute Gasteiger partial charge is 0.334 e. The van der Waals surface area contributed by atoms with Gasteiger partial charge in [0.15, 0.2) is 0 Å². The molecule has 2 aromatic carbocycles. The summed E-state index contributed by atoms with van der Waals surface area (Å²) in [5.74, 6) is 0.00884. The second kappa shape index (κ2) is 8.09. The lowest BCUT2D eigenvalue weighted by molar-refractivity contribution is -0.136. The standard InChI is InChI=1S/C24H22F4N4O3S/c25-20-7-3-14(4-8-20)22-29-21(30-35-22)16-2-1-15-10-18-5-6-19(11-17(15)9-16)23(18)12-32(13-24(26,27)28)36(33,34)31-23/h1-4,7-9,18-19,31H,5-6,10-13H2/t18-,19+,23+/m0/s1. The Morgan fingerprint density at radius 3 is 2.39 bits per heavy atom.